The van der Waals surface area contributed by atoms with Crippen LogP contribution in [-0.2, 0) is 16.1 Å². The number of benzene rings is 2. The molecule has 1 saturated heterocycles. The van der Waals surface area contributed by atoms with Gasteiger partial charge in [-0.15, -0.1) is 23.5 Å². The SMILES string of the molecule is O=C(COc1ccccc1C1SCCS1)OCc1ccc([N+](=O)[O-])cc1. The van der Waals surface area contributed by atoms with Crippen LogP contribution in [0.15, 0.2) is 48.5 Å². The van der Waals surface area contributed by atoms with Crippen molar-refractivity contribution in [1.29, 1.82) is 0 Å². The Kier molecular flexibility index (Phi) is 6.40. The van der Waals surface area contributed by atoms with Gasteiger partial charge in [-0.25, -0.2) is 4.79 Å². The van der Waals surface area contributed by atoms with Gasteiger partial charge in [-0.2, -0.15) is 0 Å². The average molecular weight is 391 g/mol. The van der Waals surface area contributed by atoms with Crippen molar-refractivity contribution in [2.75, 3.05) is 18.1 Å². The summed E-state index contributed by atoms with van der Waals surface area (Å²) >= 11 is 3.75. The largest absolute Gasteiger partial charge is 0.482 e. The molecule has 0 unspecified atom stereocenters. The van der Waals surface area contributed by atoms with Gasteiger partial charge in [0.2, 0.25) is 0 Å². The number of carbonyl (C=O) groups is 1. The predicted octanol–water partition coefficient (Wildman–Crippen LogP) is 4.20. The first-order chi connectivity index (χ1) is 12.6. The summed E-state index contributed by atoms with van der Waals surface area (Å²) in [7, 11) is 0. The summed E-state index contributed by atoms with van der Waals surface area (Å²) in [6.07, 6.45) is 0. The molecule has 0 amide bonds. The van der Waals surface area contributed by atoms with Gasteiger partial charge in [0.25, 0.3) is 5.69 Å². The minimum atomic E-state index is -0.482. The van der Waals surface area contributed by atoms with Gasteiger partial charge in [-0.05, 0) is 23.8 Å². The number of hydrogen-bond donors (Lipinski definition) is 0. The standard InChI is InChI=1S/C18H17NO5S2/c20-17(24-11-13-5-7-14(8-6-13)19(21)22)12-23-16-4-2-1-3-15(16)18-25-9-10-26-18/h1-8,18H,9-12H2. The van der Waals surface area contributed by atoms with Gasteiger partial charge in [0, 0.05) is 29.2 Å². The minimum Gasteiger partial charge on any atom is -0.482 e. The number of ether oxygens (including phenoxy) is 2. The van der Waals surface area contributed by atoms with Gasteiger partial charge in [0.05, 0.1) is 9.51 Å². The summed E-state index contributed by atoms with van der Waals surface area (Å²) in [5.41, 5.74) is 1.77. The molecular weight excluding hydrogens is 374 g/mol. The Bertz CT molecular complexity index is 775. The lowest BCUT2D eigenvalue weighted by atomic mass is 10.2. The Morgan fingerprint density at radius 3 is 2.50 bits per heavy atom. The molecule has 8 heteroatoms. The highest BCUT2D eigenvalue weighted by Gasteiger charge is 2.22. The van der Waals surface area contributed by atoms with E-state index < -0.39 is 10.9 Å². The Labute approximate surface area is 159 Å². The maximum atomic E-state index is 11.9. The number of rotatable bonds is 7. The summed E-state index contributed by atoms with van der Waals surface area (Å²) in [5.74, 6) is 2.44. The van der Waals surface area contributed by atoms with Gasteiger partial charge in [-0.3, -0.25) is 10.1 Å². The molecule has 0 saturated carbocycles. The fourth-order valence-electron chi connectivity index (χ4n) is 2.40. The molecule has 1 heterocycles. The van der Waals surface area contributed by atoms with Crippen LogP contribution in [0.1, 0.15) is 15.7 Å². The normalized spacial score (nSPS) is 14.2. The van der Waals surface area contributed by atoms with Gasteiger partial charge in [0.1, 0.15) is 12.4 Å². The number of nitro benzene ring substituents is 1. The van der Waals surface area contributed by atoms with E-state index in [1.54, 1.807) is 12.1 Å². The molecule has 26 heavy (non-hydrogen) atoms. The van der Waals surface area contributed by atoms with Crippen molar-refractivity contribution < 1.29 is 19.2 Å². The molecule has 3 rings (SSSR count). The molecule has 0 spiro atoms. The third-order valence-corrected chi connectivity index (χ3v) is 6.76. The molecule has 2 aromatic carbocycles. The third-order valence-electron chi connectivity index (χ3n) is 3.69. The number of hydrogen-bond acceptors (Lipinski definition) is 7. The number of esters is 1. The van der Waals surface area contributed by atoms with E-state index in [0.717, 1.165) is 17.1 Å². The van der Waals surface area contributed by atoms with Crippen molar-refractivity contribution in [2.45, 2.75) is 11.2 Å². The fraction of sp³-hybridized carbons (Fsp3) is 0.278. The number of thioether (sulfide) groups is 2. The number of non-ortho nitro benzene ring substituents is 1. The zero-order chi connectivity index (χ0) is 18.4. The first-order valence-electron chi connectivity index (χ1n) is 7.97. The smallest absolute Gasteiger partial charge is 0.344 e. The minimum absolute atomic E-state index is 0.00247. The van der Waals surface area contributed by atoms with Gasteiger partial charge in [0.15, 0.2) is 6.61 Å². The molecule has 1 aliphatic heterocycles. The lowest BCUT2D eigenvalue weighted by Crippen LogP contribution is -2.15. The Morgan fingerprint density at radius 1 is 1.12 bits per heavy atom. The lowest BCUT2D eigenvalue weighted by Gasteiger charge is -2.14. The van der Waals surface area contributed by atoms with Crippen molar-refractivity contribution in [3.8, 4) is 5.75 Å². The van der Waals surface area contributed by atoms with Crippen molar-refractivity contribution >= 4 is 35.2 Å². The van der Waals surface area contributed by atoms with Crippen LogP contribution in [0.2, 0.25) is 0 Å². The summed E-state index contributed by atoms with van der Waals surface area (Å²) in [6.45, 7) is -0.123. The van der Waals surface area contributed by atoms with E-state index >= 15 is 0 Å². The van der Waals surface area contributed by atoms with Gasteiger partial charge in [-0.1, -0.05) is 18.2 Å². The number of carbonyl (C=O) groups excluding carboxylic acids is 1. The molecule has 1 fully saturated rings. The van der Waals surface area contributed by atoms with Crippen molar-refractivity contribution in [1.82, 2.24) is 0 Å². The molecule has 0 atom stereocenters. The quantitative estimate of drug-likeness (QED) is 0.398. The predicted molar refractivity (Wildman–Crippen MR) is 102 cm³/mol. The number of nitrogens with zero attached hydrogens (tertiary/aromatic N) is 1. The van der Waals surface area contributed by atoms with Crippen LogP contribution >= 0.6 is 23.5 Å². The average Bonchev–Trinajstić information content (AvgIpc) is 3.20. The van der Waals surface area contributed by atoms with E-state index in [1.165, 1.54) is 12.1 Å². The van der Waals surface area contributed by atoms with Crippen LogP contribution in [0.25, 0.3) is 0 Å². The molecule has 0 aliphatic carbocycles. The van der Waals surface area contributed by atoms with Crippen LogP contribution in [0.5, 0.6) is 5.75 Å². The Hall–Kier alpha value is -2.19. The van der Waals surface area contributed by atoms with E-state index in [9.17, 15) is 14.9 Å². The first-order valence-corrected chi connectivity index (χ1v) is 10.1. The summed E-state index contributed by atoms with van der Waals surface area (Å²) in [6, 6.07) is 13.6. The molecule has 1 aliphatic rings. The second-order valence-electron chi connectivity index (χ2n) is 5.48. The highest BCUT2D eigenvalue weighted by Crippen LogP contribution is 2.48. The van der Waals surface area contributed by atoms with E-state index in [4.69, 9.17) is 9.47 Å². The van der Waals surface area contributed by atoms with Crippen molar-refractivity contribution in [3.05, 3.63) is 69.8 Å². The van der Waals surface area contributed by atoms with E-state index in [1.807, 2.05) is 47.8 Å². The van der Waals surface area contributed by atoms with Gasteiger partial charge < -0.3 is 9.47 Å². The highest BCUT2D eigenvalue weighted by atomic mass is 32.2. The summed E-state index contributed by atoms with van der Waals surface area (Å²) < 4.78 is 11.2. The monoisotopic (exact) mass is 391 g/mol. The van der Waals surface area contributed by atoms with E-state index in [2.05, 4.69) is 0 Å². The van der Waals surface area contributed by atoms with Crippen LogP contribution < -0.4 is 4.74 Å². The Balaban J connectivity index is 1.50. The first kappa shape index (κ1) is 18.6. The van der Waals surface area contributed by atoms with E-state index in [-0.39, 0.29) is 18.9 Å². The number of para-hydroxylation sites is 1. The molecule has 0 bridgehead atoms. The molecule has 0 aromatic heterocycles. The number of nitro groups is 1. The lowest BCUT2D eigenvalue weighted by molar-refractivity contribution is -0.384. The zero-order valence-corrected chi connectivity index (χ0v) is 15.5. The van der Waals surface area contributed by atoms with E-state index in [0.29, 0.717) is 15.9 Å². The van der Waals surface area contributed by atoms with Crippen LogP contribution in [-0.4, -0.2) is 29.0 Å². The zero-order valence-electron chi connectivity index (χ0n) is 13.8. The maximum absolute atomic E-state index is 11.9. The third kappa shape index (κ3) is 4.92. The molecular formula is C18H17NO5S2. The topological polar surface area (TPSA) is 78.7 Å². The van der Waals surface area contributed by atoms with Crippen LogP contribution in [0, 0.1) is 10.1 Å². The molecule has 136 valence electrons. The highest BCUT2D eigenvalue weighted by molar-refractivity contribution is 8.19. The fourth-order valence-corrected chi connectivity index (χ4v) is 5.31. The second-order valence-corrected chi connectivity index (χ2v) is 8.21. The summed E-state index contributed by atoms with van der Waals surface area (Å²) in [4.78, 5) is 22.1. The molecule has 6 nitrogen and oxygen atoms in total. The van der Waals surface area contributed by atoms with Crippen LogP contribution in [0.3, 0.4) is 0 Å². The molecule has 2 aromatic rings. The van der Waals surface area contributed by atoms with Gasteiger partial charge >= 0.3 is 5.97 Å². The van der Waals surface area contributed by atoms with Crippen molar-refractivity contribution in [3.63, 3.8) is 0 Å². The maximum Gasteiger partial charge on any atom is 0.344 e. The van der Waals surface area contributed by atoms with Crippen molar-refractivity contribution in [2.24, 2.45) is 0 Å². The molecule has 0 radical (unpaired) electrons. The second kappa shape index (κ2) is 8.95. The Morgan fingerprint density at radius 2 is 1.81 bits per heavy atom. The summed E-state index contributed by atoms with van der Waals surface area (Å²) in [5, 5.41) is 10.6. The van der Waals surface area contributed by atoms with Crippen LogP contribution in [0.4, 0.5) is 5.69 Å². The molecule has 0 N–H and O–H groups in total.